The number of H-pyrrole nitrogens is 1. The molecule has 1 aromatic carbocycles. The Kier molecular flexibility index (Phi) is 2.90. The van der Waals surface area contributed by atoms with Crippen molar-refractivity contribution in [3.63, 3.8) is 0 Å². The maximum absolute atomic E-state index is 12.0. The maximum Gasteiger partial charge on any atom is 0.335 e. The van der Waals surface area contributed by atoms with Gasteiger partial charge in [0, 0.05) is 11.1 Å². The molecule has 102 valence electrons. The lowest BCUT2D eigenvalue weighted by atomic mass is 10.2. The van der Waals surface area contributed by atoms with Gasteiger partial charge in [-0.2, -0.15) is 0 Å². The first-order valence-electron chi connectivity index (χ1n) is 5.92. The van der Waals surface area contributed by atoms with Gasteiger partial charge in [0.15, 0.2) is 0 Å². The van der Waals surface area contributed by atoms with Gasteiger partial charge in [0.05, 0.1) is 23.1 Å². The number of aromatic carboxylic acids is 1. The van der Waals surface area contributed by atoms with Crippen LogP contribution in [-0.2, 0) is 6.54 Å². The first-order chi connectivity index (χ1) is 9.54. The van der Waals surface area contributed by atoms with E-state index in [1.54, 1.807) is 12.3 Å². The first kappa shape index (κ1) is 12.6. The smallest absolute Gasteiger partial charge is 0.335 e. The Bertz CT molecular complexity index is 859. The summed E-state index contributed by atoms with van der Waals surface area (Å²) in [7, 11) is 0. The second-order valence-corrected chi connectivity index (χ2v) is 5.74. The summed E-state index contributed by atoms with van der Waals surface area (Å²) in [6.07, 6.45) is 1.75. The molecule has 2 heterocycles. The number of imidazole rings is 1. The Morgan fingerprint density at radius 2 is 2.30 bits per heavy atom. The number of benzene rings is 1. The fourth-order valence-corrected chi connectivity index (χ4v) is 2.83. The average Bonchev–Trinajstić information content (AvgIpc) is 2.94. The quantitative estimate of drug-likeness (QED) is 0.770. The number of aromatic amines is 1. The molecule has 3 rings (SSSR count). The fraction of sp³-hybridized carbons (Fsp3) is 0.154. The van der Waals surface area contributed by atoms with Gasteiger partial charge < -0.3 is 10.1 Å². The van der Waals surface area contributed by atoms with E-state index in [9.17, 15) is 9.59 Å². The van der Waals surface area contributed by atoms with Gasteiger partial charge in [-0.15, -0.1) is 11.3 Å². The van der Waals surface area contributed by atoms with Gasteiger partial charge in [-0.05, 0) is 25.1 Å². The zero-order valence-corrected chi connectivity index (χ0v) is 11.4. The minimum Gasteiger partial charge on any atom is -0.478 e. The Balaban J connectivity index is 2.13. The summed E-state index contributed by atoms with van der Waals surface area (Å²) in [5.74, 6) is -1.02. The molecule has 3 aromatic rings. The lowest BCUT2D eigenvalue weighted by Gasteiger charge is -2.01. The van der Waals surface area contributed by atoms with Gasteiger partial charge in [-0.1, -0.05) is 0 Å². The summed E-state index contributed by atoms with van der Waals surface area (Å²) in [4.78, 5) is 31.0. The van der Waals surface area contributed by atoms with Crippen molar-refractivity contribution in [1.82, 2.24) is 14.5 Å². The number of carboxylic acids is 1. The van der Waals surface area contributed by atoms with Crippen molar-refractivity contribution in [3.8, 4) is 0 Å². The van der Waals surface area contributed by atoms with Crippen LogP contribution >= 0.6 is 11.3 Å². The monoisotopic (exact) mass is 289 g/mol. The van der Waals surface area contributed by atoms with E-state index in [4.69, 9.17) is 5.11 Å². The van der Waals surface area contributed by atoms with E-state index in [0.29, 0.717) is 17.6 Å². The standard InChI is InChI=1S/C13H11N3O3S/c1-7-5-14-11(20-7)6-16-10-4-8(12(17)18)2-3-9(10)15-13(16)19/h2-5H,6H2,1H3,(H,15,19)(H,17,18). The van der Waals surface area contributed by atoms with Gasteiger partial charge in [0.1, 0.15) is 5.01 Å². The van der Waals surface area contributed by atoms with Gasteiger partial charge in [0.25, 0.3) is 0 Å². The Morgan fingerprint density at radius 1 is 1.50 bits per heavy atom. The van der Waals surface area contributed by atoms with Crippen molar-refractivity contribution in [2.45, 2.75) is 13.5 Å². The highest BCUT2D eigenvalue weighted by molar-refractivity contribution is 7.11. The summed E-state index contributed by atoms with van der Waals surface area (Å²) >= 11 is 1.51. The zero-order valence-electron chi connectivity index (χ0n) is 10.6. The zero-order chi connectivity index (χ0) is 14.3. The average molecular weight is 289 g/mol. The molecular weight excluding hydrogens is 278 g/mol. The number of nitrogens with one attached hydrogen (secondary N) is 1. The molecule has 0 radical (unpaired) electrons. The van der Waals surface area contributed by atoms with E-state index in [2.05, 4.69) is 9.97 Å². The van der Waals surface area contributed by atoms with Crippen molar-refractivity contribution in [3.05, 3.63) is 50.3 Å². The van der Waals surface area contributed by atoms with E-state index in [-0.39, 0.29) is 11.3 Å². The highest BCUT2D eigenvalue weighted by atomic mass is 32.1. The van der Waals surface area contributed by atoms with E-state index >= 15 is 0 Å². The molecule has 0 aliphatic rings. The number of hydrogen-bond donors (Lipinski definition) is 2. The molecule has 0 amide bonds. The van der Waals surface area contributed by atoms with Crippen LogP contribution in [0.4, 0.5) is 0 Å². The third kappa shape index (κ3) is 2.12. The largest absolute Gasteiger partial charge is 0.478 e. The van der Waals surface area contributed by atoms with Crippen LogP contribution in [0.25, 0.3) is 11.0 Å². The lowest BCUT2D eigenvalue weighted by Crippen LogP contribution is -2.17. The number of nitrogens with zero attached hydrogens (tertiary/aromatic N) is 2. The number of hydrogen-bond acceptors (Lipinski definition) is 4. The SMILES string of the molecule is Cc1cnc(Cn2c(=O)[nH]c3ccc(C(=O)O)cc32)s1. The molecule has 20 heavy (non-hydrogen) atoms. The molecular formula is C13H11N3O3S. The van der Waals surface area contributed by atoms with Crippen LogP contribution in [0, 0.1) is 6.92 Å². The predicted molar refractivity (Wildman–Crippen MR) is 75.5 cm³/mol. The van der Waals surface area contributed by atoms with Crippen LogP contribution < -0.4 is 5.69 Å². The molecule has 0 bridgehead atoms. The first-order valence-corrected chi connectivity index (χ1v) is 6.73. The predicted octanol–water partition coefficient (Wildman–Crippen LogP) is 1.84. The Labute approximate surface area is 117 Å². The van der Waals surface area contributed by atoms with E-state index in [1.807, 2.05) is 6.92 Å². The Hall–Kier alpha value is -2.41. The number of carboxylic acid groups (broad SMARTS) is 1. The Morgan fingerprint density at radius 3 is 2.95 bits per heavy atom. The van der Waals surface area contributed by atoms with Crippen LogP contribution in [0.5, 0.6) is 0 Å². The van der Waals surface area contributed by atoms with Gasteiger partial charge in [-0.3, -0.25) is 4.57 Å². The van der Waals surface area contributed by atoms with Gasteiger partial charge in [0.2, 0.25) is 0 Å². The molecule has 2 N–H and O–H groups in total. The number of fused-ring (bicyclic) bond motifs is 1. The minimum absolute atomic E-state index is 0.153. The second-order valence-electron chi connectivity index (χ2n) is 4.42. The van der Waals surface area contributed by atoms with Gasteiger partial charge >= 0.3 is 11.7 Å². The number of aromatic nitrogens is 3. The van der Waals surface area contributed by atoms with Crippen molar-refractivity contribution >= 4 is 28.3 Å². The fourth-order valence-electron chi connectivity index (χ4n) is 2.05. The van der Waals surface area contributed by atoms with Crippen molar-refractivity contribution < 1.29 is 9.90 Å². The topological polar surface area (TPSA) is 88.0 Å². The molecule has 0 aliphatic heterocycles. The van der Waals surface area contributed by atoms with E-state index in [1.165, 1.54) is 28.0 Å². The lowest BCUT2D eigenvalue weighted by molar-refractivity contribution is 0.0697. The number of thiazole rings is 1. The number of aryl methyl sites for hydroxylation is 1. The van der Waals surface area contributed by atoms with Crippen LogP contribution in [0.15, 0.2) is 29.2 Å². The molecule has 0 spiro atoms. The van der Waals surface area contributed by atoms with Crippen LogP contribution in [0.1, 0.15) is 20.2 Å². The molecule has 2 aromatic heterocycles. The highest BCUT2D eigenvalue weighted by Crippen LogP contribution is 2.17. The molecule has 0 atom stereocenters. The van der Waals surface area contributed by atoms with Crippen LogP contribution in [-0.4, -0.2) is 25.6 Å². The third-order valence-corrected chi connectivity index (χ3v) is 3.88. The van der Waals surface area contributed by atoms with Crippen molar-refractivity contribution in [2.24, 2.45) is 0 Å². The normalized spacial score (nSPS) is 11.1. The van der Waals surface area contributed by atoms with Crippen molar-refractivity contribution in [1.29, 1.82) is 0 Å². The minimum atomic E-state index is -1.02. The molecule has 0 fully saturated rings. The molecule has 0 aliphatic carbocycles. The number of rotatable bonds is 3. The summed E-state index contributed by atoms with van der Waals surface area (Å²) in [6, 6.07) is 4.57. The summed E-state index contributed by atoms with van der Waals surface area (Å²) in [6.45, 7) is 2.28. The summed E-state index contributed by atoms with van der Waals surface area (Å²) in [5.41, 5.74) is 1.08. The number of carbonyl (C=O) groups is 1. The highest BCUT2D eigenvalue weighted by Gasteiger charge is 2.12. The van der Waals surface area contributed by atoms with Gasteiger partial charge in [-0.25, -0.2) is 14.6 Å². The summed E-state index contributed by atoms with van der Waals surface area (Å²) < 4.78 is 1.50. The molecule has 0 saturated carbocycles. The van der Waals surface area contributed by atoms with E-state index < -0.39 is 5.97 Å². The summed E-state index contributed by atoms with van der Waals surface area (Å²) in [5, 5.41) is 9.84. The molecule has 7 heteroatoms. The second kappa shape index (κ2) is 4.61. The molecule has 0 saturated heterocycles. The molecule has 0 unspecified atom stereocenters. The maximum atomic E-state index is 12.0. The van der Waals surface area contributed by atoms with Crippen LogP contribution in [0.2, 0.25) is 0 Å². The third-order valence-electron chi connectivity index (χ3n) is 2.98. The van der Waals surface area contributed by atoms with E-state index in [0.717, 1.165) is 9.88 Å². The van der Waals surface area contributed by atoms with Crippen molar-refractivity contribution in [2.75, 3.05) is 0 Å². The van der Waals surface area contributed by atoms with Crippen LogP contribution in [0.3, 0.4) is 0 Å². The molecule has 6 nitrogen and oxygen atoms in total.